The molecule has 23 heavy (non-hydrogen) atoms. The minimum Gasteiger partial charge on any atom is -0.371 e. The second-order valence-electron chi connectivity index (χ2n) is 6.52. The standard InChI is InChI=1S/C16H21F2NO3S/c17-13-8-12(9-14(18)10-13)3-7-19-23(20,21)11-15-2-6-16(22-15)4-1-5-16/h8-10,15,19H,1-7,11H2. The molecule has 1 spiro atoms. The zero-order valence-electron chi connectivity index (χ0n) is 12.9. The molecule has 1 saturated carbocycles. The average molecular weight is 345 g/mol. The molecule has 1 heterocycles. The normalized spacial score (nSPS) is 23.1. The topological polar surface area (TPSA) is 55.4 Å². The van der Waals surface area contributed by atoms with Gasteiger partial charge in [-0.05, 0) is 56.2 Å². The zero-order chi connectivity index (χ0) is 16.5. The number of rotatable bonds is 6. The fraction of sp³-hybridized carbons (Fsp3) is 0.625. The van der Waals surface area contributed by atoms with Crippen molar-refractivity contribution in [3.05, 3.63) is 35.4 Å². The van der Waals surface area contributed by atoms with Crippen LogP contribution in [0.25, 0.3) is 0 Å². The minimum absolute atomic E-state index is 0.0493. The van der Waals surface area contributed by atoms with Crippen LogP contribution in [0.4, 0.5) is 8.78 Å². The SMILES string of the molecule is O=S(=O)(CC1CCC2(CCC2)O1)NCCc1cc(F)cc(F)c1. The van der Waals surface area contributed by atoms with Crippen molar-refractivity contribution >= 4 is 10.0 Å². The van der Waals surface area contributed by atoms with Crippen molar-refractivity contribution in [3.8, 4) is 0 Å². The van der Waals surface area contributed by atoms with Crippen molar-refractivity contribution in [3.63, 3.8) is 0 Å². The van der Waals surface area contributed by atoms with Crippen LogP contribution in [0.1, 0.15) is 37.7 Å². The summed E-state index contributed by atoms with van der Waals surface area (Å²) in [4.78, 5) is 0. The molecule has 1 unspecified atom stereocenters. The molecule has 7 heteroatoms. The Morgan fingerprint density at radius 2 is 1.87 bits per heavy atom. The molecule has 4 nitrogen and oxygen atoms in total. The monoisotopic (exact) mass is 345 g/mol. The van der Waals surface area contributed by atoms with Gasteiger partial charge in [-0.15, -0.1) is 0 Å². The third-order valence-corrected chi connectivity index (χ3v) is 6.12. The van der Waals surface area contributed by atoms with E-state index < -0.39 is 21.7 Å². The first-order chi connectivity index (χ1) is 10.9. The van der Waals surface area contributed by atoms with E-state index in [4.69, 9.17) is 4.74 Å². The maximum atomic E-state index is 13.1. The molecule has 0 amide bonds. The second-order valence-corrected chi connectivity index (χ2v) is 8.37. The van der Waals surface area contributed by atoms with Gasteiger partial charge < -0.3 is 4.74 Å². The molecular formula is C16H21F2NO3S. The van der Waals surface area contributed by atoms with Gasteiger partial charge in [0, 0.05) is 12.6 Å². The van der Waals surface area contributed by atoms with Crippen molar-refractivity contribution in [2.75, 3.05) is 12.3 Å². The summed E-state index contributed by atoms with van der Waals surface area (Å²) in [6.07, 6.45) is 4.92. The molecule has 0 radical (unpaired) electrons. The van der Waals surface area contributed by atoms with Crippen molar-refractivity contribution in [1.82, 2.24) is 4.72 Å². The molecule has 2 fully saturated rings. The van der Waals surface area contributed by atoms with Gasteiger partial charge in [-0.2, -0.15) is 0 Å². The predicted molar refractivity (Wildman–Crippen MR) is 82.5 cm³/mol. The van der Waals surface area contributed by atoms with Crippen LogP contribution in [0.15, 0.2) is 18.2 Å². The highest BCUT2D eigenvalue weighted by Crippen LogP contribution is 2.45. The van der Waals surface area contributed by atoms with Crippen molar-refractivity contribution in [2.45, 2.75) is 50.2 Å². The smallest absolute Gasteiger partial charge is 0.214 e. The predicted octanol–water partition coefficient (Wildman–Crippen LogP) is 2.53. The first-order valence-corrected chi connectivity index (χ1v) is 9.61. The highest BCUT2D eigenvalue weighted by Gasteiger charge is 2.45. The van der Waals surface area contributed by atoms with Gasteiger partial charge in [-0.3, -0.25) is 0 Å². The van der Waals surface area contributed by atoms with Gasteiger partial charge in [-0.25, -0.2) is 21.9 Å². The Morgan fingerprint density at radius 3 is 2.43 bits per heavy atom. The third-order valence-electron chi connectivity index (χ3n) is 4.67. The van der Waals surface area contributed by atoms with Gasteiger partial charge in [0.1, 0.15) is 11.6 Å². The van der Waals surface area contributed by atoms with Gasteiger partial charge in [0.25, 0.3) is 0 Å². The van der Waals surface area contributed by atoms with Crippen LogP contribution >= 0.6 is 0 Å². The summed E-state index contributed by atoms with van der Waals surface area (Å²) in [6, 6.07) is 3.21. The molecule has 0 aromatic heterocycles. The lowest BCUT2D eigenvalue weighted by Gasteiger charge is -2.37. The zero-order valence-corrected chi connectivity index (χ0v) is 13.7. The van der Waals surface area contributed by atoms with Crippen LogP contribution in [0.2, 0.25) is 0 Å². The van der Waals surface area contributed by atoms with Crippen LogP contribution in [-0.2, 0) is 21.2 Å². The highest BCUT2D eigenvalue weighted by molar-refractivity contribution is 7.89. The number of halogens is 2. The lowest BCUT2D eigenvalue weighted by molar-refractivity contribution is -0.0842. The molecule has 128 valence electrons. The fourth-order valence-electron chi connectivity index (χ4n) is 3.36. The molecule has 1 atom stereocenters. The Morgan fingerprint density at radius 1 is 1.17 bits per heavy atom. The molecular weight excluding hydrogens is 324 g/mol. The molecule has 1 aromatic carbocycles. The molecule has 2 aliphatic rings. The molecule has 1 aliphatic heterocycles. The van der Waals surface area contributed by atoms with Crippen molar-refractivity contribution < 1.29 is 21.9 Å². The van der Waals surface area contributed by atoms with Crippen LogP contribution in [0, 0.1) is 11.6 Å². The van der Waals surface area contributed by atoms with Crippen molar-refractivity contribution in [1.29, 1.82) is 0 Å². The average Bonchev–Trinajstić information content (AvgIpc) is 2.80. The Kier molecular flexibility index (Phi) is 4.71. The van der Waals surface area contributed by atoms with E-state index in [0.29, 0.717) is 5.56 Å². The number of hydrogen-bond acceptors (Lipinski definition) is 3. The van der Waals surface area contributed by atoms with E-state index in [0.717, 1.165) is 38.2 Å². The number of nitrogens with one attached hydrogen (secondary N) is 1. The maximum Gasteiger partial charge on any atom is 0.214 e. The Hall–Kier alpha value is -1.05. The summed E-state index contributed by atoms with van der Waals surface area (Å²) in [5, 5.41) is 0. The Labute approximate surface area is 135 Å². The fourth-order valence-corrected chi connectivity index (χ4v) is 4.62. The molecule has 1 N–H and O–H groups in total. The van der Waals surface area contributed by atoms with E-state index in [9.17, 15) is 17.2 Å². The van der Waals surface area contributed by atoms with Crippen LogP contribution in [0.3, 0.4) is 0 Å². The number of hydrogen-bond donors (Lipinski definition) is 1. The summed E-state index contributed by atoms with van der Waals surface area (Å²) < 4.78 is 58.7. The summed E-state index contributed by atoms with van der Waals surface area (Å²) in [6.45, 7) is 0.114. The number of ether oxygens (including phenoxy) is 1. The van der Waals surface area contributed by atoms with Crippen LogP contribution in [-0.4, -0.2) is 32.4 Å². The molecule has 1 aromatic rings. The molecule has 1 saturated heterocycles. The van der Waals surface area contributed by atoms with Crippen molar-refractivity contribution in [2.24, 2.45) is 0 Å². The summed E-state index contributed by atoms with van der Waals surface area (Å²) >= 11 is 0. The van der Waals surface area contributed by atoms with E-state index in [1.165, 1.54) is 12.1 Å². The molecule has 3 rings (SSSR count). The summed E-state index contributed by atoms with van der Waals surface area (Å²) in [7, 11) is -3.45. The van der Waals surface area contributed by atoms with Crippen LogP contribution in [0.5, 0.6) is 0 Å². The minimum atomic E-state index is -3.45. The van der Waals surface area contributed by atoms with Gasteiger partial charge in [0.15, 0.2) is 0 Å². The van der Waals surface area contributed by atoms with Gasteiger partial charge in [0.2, 0.25) is 10.0 Å². The van der Waals surface area contributed by atoms with Gasteiger partial charge in [-0.1, -0.05) is 0 Å². The van der Waals surface area contributed by atoms with Gasteiger partial charge in [0.05, 0.1) is 17.5 Å². The Balaban J connectivity index is 1.47. The largest absolute Gasteiger partial charge is 0.371 e. The van der Waals surface area contributed by atoms with E-state index in [-0.39, 0.29) is 30.4 Å². The van der Waals surface area contributed by atoms with E-state index >= 15 is 0 Å². The quantitative estimate of drug-likeness (QED) is 0.862. The maximum absolute atomic E-state index is 13.1. The lowest BCUT2D eigenvalue weighted by Crippen LogP contribution is -2.39. The number of sulfonamides is 1. The number of benzene rings is 1. The van der Waals surface area contributed by atoms with E-state index in [1.807, 2.05) is 0 Å². The summed E-state index contributed by atoms with van der Waals surface area (Å²) in [5.41, 5.74) is 0.370. The third kappa shape index (κ3) is 4.28. The highest BCUT2D eigenvalue weighted by atomic mass is 32.2. The van der Waals surface area contributed by atoms with E-state index in [1.54, 1.807) is 0 Å². The lowest BCUT2D eigenvalue weighted by atomic mass is 9.78. The Bertz CT molecular complexity index is 654. The summed E-state index contributed by atoms with van der Waals surface area (Å²) in [5.74, 6) is -1.37. The first kappa shape index (κ1) is 16.8. The first-order valence-electron chi connectivity index (χ1n) is 7.96. The second kappa shape index (κ2) is 6.45. The molecule has 0 bridgehead atoms. The van der Waals surface area contributed by atoms with Crippen LogP contribution < -0.4 is 4.72 Å². The molecule has 1 aliphatic carbocycles. The van der Waals surface area contributed by atoms with Gasteiger partial charge >= 0.3 is 0 Å². The van der Waals surface area contributed by atoms with E-state index in [2.05, 4.69) is 4.72 Å².